The number of hydrogen-bond donors (Lipinski definition) is 0. The Morgan fingerprint density at radius 2 is 1.81 bits per heavy atom. The number of methoxy groups -OCH3 is 1. The monoisotopic (exact) mass is 354 g/mol. The second-order valence-electron chi connectivity index (χ2n) is 5.44. The number of rotatable bonds is 7. The third kappa shape index (κ3) is 4.18. The maximum absolute atomic E-state index is 12.3. The molecular formula is C19H18N2O5. The van der Waals surface area contributed by atoms with Gasteiger partial charge in [-0.15, -0.1) is 0 Å². The highest BCUT2D eigenvalue weighted by molar-refractivity contribution is 5.76. The minimum Gasteiger partial charge on any atom is -0.497 e. The number of esters is 1. The van der Waals surface area contributed by atoms with E-state index in [0.717, 1.165) is 0 Å². The number of aromatic nitrogens is 2. The van der Waals surface area contributed by atoms with Gasteiger partial charge in [0.1, 0.15) is 18.1 Å². The summed E-state index contributed by atoms with van der Waals surface area (Å²) >= 11 is 0. The molecule has 7 heteroatoms. The van der Waals surface area contributed by atoms with E-state index in [1.54, 1.807) is 49.6 Å². The van der Waals surface area contributed by atoms with Crippen molar-refractivity contribution in [2.45, 2.75) is 6.54 Å². The maximum Gasteiger partial charge on any atom is 0.344 e. The number of para-hydroxylation sites is 1. The molecule has 3 aromatic rings. The molecule has 2 aromatic carbocycles. The molecule has 134 valence electrons. The van der Waals surface area contributed by atoms with Crippen molar-refractivity contribution in [1.82, 2.24) is 9.55 Å². The lowest BCUT2D eigenvalue weighted by molar-refractivity contribution is -0.146. The second-order valence-corrected chi connectivity index (χ2v) is 5.44. The first-order valence-corrected chi connectivity index (χ1v) is 8.04. The lowest BCUT2D eigenvalue weighted by Gasteiger charge is -2.09. The van der Waals surface area contributed by atoms with E-state index in [-0.39, 0.29) is 25.3 Å². The molecule has 0 bridgehead atoms. The Balaban J connectivity index is 1.49. The molecule has 3 rings (SSSR count). The SMILES string of the molecule is COc1ccc(OCC(=O)OCCn2cnc3ccccc3c2=O)cc1. The van der Waals surface area contributed by atoms with Crippen LogP contribution in [-0.4, -0.2) is 35.8 Å². The van der Waals surface area contributed by atoms with E-state index in [9.17, 15) is 9.59 Å². The number of ether oxygens (including phenoxy) is 3. The standard InChI is InChI=1S/C19H18N2O5/c1-24-14-6-8-15(9-7-14)26-12-18(22)25-11-10-21-13-20-17-5-3-2-4-16(17)19(21)23/h2-9,13H,10-12H2,1H3. The molecule has 0 aliphatic heterocycles. The van der Waals surface area contributed by atoms with Crippen LogP contribution in [0.25, 0.3) is 10.9 Å². The van der Waals surface area contributed by atoms with Crippen molar-refractivity contribution in [3.05, 3.63) is 65.2 Å². The van der Waals surface area contributed by atoms with Crippen LogP contribution < -0.4 is 15.0 Å². The summed E-state index contributed by atoms with van der Waals surface area (Å²) in [5.74, 6) is 0.731. The van der Waals surface area contributed by atoms with Gasteiger partial charge in [-0.05, 0) is 36.4 Å². The van der Waals surface area contributed by atoms with Crippen LogP contribution in [0.1, 0.15) is 0 Å². The van der Waals surface area contributed by atoms with E-state index in [4.69, 9.17) is 14.2 Å². The zero-order valence-corrected chi connectivity index (χ0v) is 14.3. The highest BCUT2D eigenvalue weighted by Gasteiger charge is 2.07. The van der Waals surface area contributed by atoms with Gasteiger partial charge in [0.15, 0.2) is 6.61 Å². The highest BCUT2D eigenvalue weighted by atomic mass is 16.6. The third-order valence-corrected chi connectivity index (χ3v) is 3.74. The predicted octanol–water partition coefficient (Wildman–Crippen LogP) is 2.03. The van der Waals surface area contributed by atoms with Crippen molar-refractivity contribution in [1.29, 1.82) is 0 Å². The quantitative estimate of drug-likeness (QED) is 0.604. The summed E-state index contributed by atoms with van der Waals surface area (Å²) in [6, 6.07) is 14.0. The third-order valence-electron chi connectivity index (χ3n) is 3.74. The summed E-state index contributed by atoms with van der Waals surface area (Å²) in [7, 11) is 1.57. The molecule has 0 aliphatic carbocycles. The normalized spacial score (nSPS) is 10.5. The van der Waals surface area contributed by atoms with Gasteiger partial charge in [0.25, 0.3) is 5.56 Å². The Bertz CT molecular complexity index is 950. The largest absolute Gasteiger partial charge is 0.497 e. The fraction of sp³-hybridized carbons (Fsp3) is 0.211. The first-order valence-electron chi connectivity index (χ1n) is 8.04. The Morgan fingerprint density at radius 1 is 1.08 bits per heavy atom. The summed E-state index contributed by atoms with van der Waals surface area (Å²) < 4.78 is 16.9. The van der Waals surface area contributed by atoms with E-state index >= 15 is 0 Å². The van der Waals surface area contributed by atoms with Crippen molar-refractivity contribution < 1.29 is 19.0 Å². The molecule has 1 heterocycles. The number of hydrogen-bond acceptors (Lipinski definition) is 6. The number of nitrogens with zero attached hydrogens (tertiary/aromatic N) is 2. The van der Waals surface area contributed by atoms with Crippen LogP contribution in [0, 0.1) is 0 Å². The van der Waals surface area contributed by atoms with Gasteiger partial charge in [-0.3, -0.25) is 9.36 Å². The number of benzene rings is 2. The van der Waals surface area contributed by atoms with Crippen LogP contribution in [-0.2, 0) is 16.1 Å². The van der Waals surface area contributed by atoms with Crippen LogP contribution in [0.3, 0.4) is 0 Å². The number of carbonyl (C=O) groups is 1. The molecule has 0 N–H and O–H groups in total. The Hall–Kier alpha value is -3.35. The zero-order chi connectivity index (χ0) is 18.4. The second kappa shape index (κ2) is 8.15. The fourth-order valence-electron chi connectivity index (χ4n) is 2.38. The van der Waals surface area contributed by atoms with Crippen LogP contribution >= 0.6 is 0 Å². The molecule has 0 saturated carbocycles. The molecule has 0 unspecified atom stereocenters. The Labute approximate surface area is 149 Å². The smallest absolute Gasteiger partial charge is 0.344 e. The van der Waals surface area contributed by atoms with Gasteiger partial charge >= 0.3 is 5.97 Å². The fourth-order valence-corrected chi connectivity index (χ4v) is 2.38. The van der Waals surface area contributed by atoms with Crippen molar-refractivity contribution in [2.75, 3.05) is 20.3 Å². The first kappa shape index (κ1) is 17.5. The average Bonchev–Trinajstić information content (AvgIpc) is 2.69. The summed E-state index contributed by atoms with van der Waals surface area (Å²) in [5, 5.41) is 0.532. The molecule has 1 aromatic heterocycles. The van der Waals surface area contributed by atoms with Crippen LogP contribution in [0.2, 0.25) is 0 Å². The topological polar surface area (TPSA) is 79.7 Å². The molecule has 0 atom stereocenters. The van der Waals surface area contributed by atoms with Gasteiger partial charge in [-0.2, -0.15) is 0 Å². The average molecular weight is 354 g/mol. The minimum absolute atomic E-state index is 0.0603. The minimum atomic E-state index is -0.511. The molecule has 26 heavy (non-hydrogen) atoms. The zero-order valence-electron chi connectivity index (χ0n) is 14.3. The van der Waals surface area contributed by atoms with E-state index in [2.05, 4.69) is 4.98 Å². The van der Waals surface area contributed by atoms with Gasteiger partial charge in [0.05, 0.1) is 30.9 Å². The molecule has 0 radical (unpaired) electrons. The number of fused-ring (bicyclic) bond motifs is 1. The Kier molecular flexibility index (Phi) is 5.48. The lowest BCUT2D eigenvalue weighted by atomic mass is 10.2. The molecule has 0 saturated heterocycles. The van der Waals surface area contributed by atoms with E-state index < -0.39 is 5.97 Å². The predicted molar refractivity (Wildman–Crippen MR) is 95.5 cm³/mol. The summed E-state index contributed by atoms with van der Waals surface area (Å²) in [4.78, 5) is 28.3. The molecular weight excluding hydrogens is 336 g/mol. The molecule has 7 nitrogen and oxygen atoms in total. The van der Waals surface area contributed by atoms with E-state index in [1.165, 1.54) is 10.9 Å². The number of carbonyl (C=O) groups excluding carboxylic acids is 1. The molecule has 0 fully saturated rings. The van der Waals surface area contributed by atoms with Crippen LogP contribution in [0.4, 0.5) is 0 Å². The van der Waals surface area contributed by atoms with Gasteiger partial charge in [-0.25, -0.2) is 9.78 Å². The van der Waals surface area contributed by atoms with E-state index in [0.29, 0.717) is 22.4 Å². The molecule has 0 spiro atoms. The van der Waals surface area contributed by atoms with Crippen molar-refractivity contribution in [2.24, 2.45) is 0 Å². The van der Waals surface area contributed by atoms with Gasteiger partial charge in [-0.1, -0.05) is 12.1 Å². The first-order chi connectivity index (χ1) is 12.7. The molecule has 0 amide bonds. The highest BCUT2D eigenvalue weighted by Crippen LogP contribution is 2.16. The molecule has 0 aliphatic rings. The van der Waals surface area contributed by atoms with E-state index in [1.807, 2.05) is 6.07 Å². The van der Waals surface area contributed by atoms with Gasteiger partial charge in [0, 0.05) is 0 Å². The maximum atomic E-state index is 12.3. The lowest BCUT2D eigenvalue weighted by Crippen LogP contribution is -2.24. The van der Waals surface area contributed by atoms with Crippen LogP contribution in [0.5, 0.6) is 11.5 Å². The summed E-state index contributed by atoms with van der Waals surface area (Å²) in [6.45, 7) is 0.0763. The van der Waals surface area contributed by atoms with Crippen molar-refractivity contribution >= 4 is 16.9 Å². The Morgan fingerprint density at radius 3 is 2.58 bits per heavy atom. The van der Waals surface area contributed by atoms with Crippen molar-refractivity contribution in [3.63, 3.8) is 0 Å². The van der Waals surface area contributed by atoms with Gasteiger partial charge in [0.2, 0.25) is 0 Å². The van der Waals surface area contributed by atoms with Crippen LogP contribution in [0.15, 0.2) is 59.7 Å². The van der Waals surface area contributed by atoms with Gasteiger partial charge < -0.3 is 14.2 Å². The van der Waals surface area contributed by atoms with Crippen molar-refractivity contribution in [3.8, 4) is 11.5 Å². The summed E-state index contributed by atoms with van der Waals surface area (Å²) in [6.07, 6.45) is 1.45. The summed E-state index contributed by atoms with van der Waals surface area (Å²) in [5.41, 5.74) is 0.472.